The Balaban J connectivity index is 4.18. The number of hydrogen-bond acceptors (Lipinski definition) is 4. The third kappa shape index (κ3) is 4.50. The Morgan fingerprint density at radius 2 is 2.08 bits per heavy atom. The molecule has 4 N–H and O–H groups in total. The summed E-state index contributed by atoms with van der Waals surface area (Å²) >= 11 is 1.44. The summed E-state index contributed by atoms with van der Waals surface area (Å²) in [5, 5.41) is 8.71. The summed E-state index contributed by atoms with van der Waals surface area (Å²) < 4.78 is 0. The van der Waals surface area contributed by atoms with Crippen LogP contribution in [0.1, 0.15) is 20.8 Å². The summed E-state index contributed by atoms with van der Waals surface area (Å²) in [7, 11) is 0. The zero-order chi connectivity index (χ0) is 10.4. The number of aliphatic hydroxyl groups is 1. The van der Waals surface area contributed by atoms with Crippen molar-refractivity contribution in [2.75, 3.05) is 6.61 Å². The Morgan fingerprint density at radius 1 is 1.54 bits per heavy atom. The van der Waals surface area contributed by atoms with Crippen molar-refractivity contribution < 1.29 is 9.90 Å². The van der Waals surface area contributed by atoms with E-state index in [9.17, 15) is 4.79 Å². The lowest BCUT2D eigenvalue weighted by atomic mass is 10.1. The van der Waals surface area contributed by atoms with Gasteiger partial charge >= 0.3 is 0 Å². The fraction of sp³-hybridized carbons (Fsp3) is 0.875. The molecule has 0 aliphatic carbocycles. The molecule has 0 aromatic heterocycles. The van der Waals surface area contributed by atoms with Gasteiger partial charge < -0.3 is 5.11 Å². The summed E-state index contributed by atoms with van der Waals surface area (Å²) in [5.74, 6) is 5.08. The minimum atomic E-state index is -0.188. The summed E-state index contributed by atoms with van der Waals surface area (Å²) in [6.07, 6.45) is 0. The zero-order valence-corrected chi connectivity index (χ0v) is 9.10. The van der Waals surface area contributed by atoms with Crippen molar-refractivity contribution in [2.45, 2.75) is 31.3 Å². The highest BCUT2D eigenvalue weighted by molar-refractivity contribution is 8.01. The van der Waals surface area contributed by atoms with Crippen LogP contribution in [-0.4, -0.2) is 28.1 Å². The number of nitrogens with two attached hydrogens (primary N) is 1. The molecule has 2 atom stereocenters. The molecule has 13 heavy (non-hydrogen) atoms. The second-order valence-corrected chi connectivity index (χ2v) is 4.89. The number of nitrogens with one attached hydrogen (secondary N) is 1. The zero-order valence-electron chi connectivity index (χ0n) is 8.28. The van der Waals surface area contributed by atoms with E-state index in [1.165, 1.54) is 11.8 Å². The Hall–Kier alpha value is -0.260. The van der Waals surface area contributed by atoms with Crippen LogP contribution in [0.4, 0.5) is 0 Å². The molecular formula is C8H18N2O2S. The topological polar surface area (TPSA) is 75.3 Å². The molecule has 0 bridgehead atoms. The molecule has 0 rings (SSSR count). The lowest BCUT2D eigenvalue weighted by Crippen LogP contribution is -2.40. The number of carbonyl (C=O) groups excluding carboxylic acids is 1. The SMILES string of the molecule is CC(CO)SC(C(=O)NN)C(C)C. The van der Waals surface area contributed by atoms with Gasteiger partial charge in [0.2, 0.25) is 5.91 Å². The van der Waals surface area contributed by atoms with E-state index < -0.39 is 0 Å². The number of rotatable bonds is 5. The summed E-state index contributed by atoms with van der Waals surface area (Å²) in [6.45, 7) is 5.86. The van der Waals surface area contributed by atoms with Gasteiger partial charge in [-0.1, -0.05) is 20.8 Å². The van der Waals surface area contributed by atoms with Crippen molar-refractivity contribution >= 4 is 17.7 Å². The van der Waals surface area contributed by atoms with Crippen LogP contribution >= 0.6 is 11.8 Å². The third-order valence-corrected chi connectivity index (χ3v) is 3.31. The van der Waals surface area contributed by atoms with E-state index in [1.54, 1.807) is 0 Å². The Kier molecular flexibility index (Phi) is 6.11. The first kappa shape index (κ1) is 12.7. The summed E-state index contributed by atoms with van der Waals surface area (Å²) in [4.78, 5) is 11.3. The van der Waals surface area contributed by atoms with Crippen LogP contribution in [0.5, 0.6) is 0 Å². The molecule has 0 aliphatic heterocycles. The monoisotopic (exact) mass is 206 g/mol. The second kappa shape index (κ2) is 6.23. The molecule has 0 saturated heterocycles. The number of thioether (sulfide) groups is 1. The maximum Gasteiger partial charge on any atom is 0.247 e. The molecule has 0 radical (unpaired) electrons. The molecule has 0 saturated carbocycles. The minimum Gasteiger partial charge on any atom is -0.395 e. The van der Waals surface area contributed by atoms with Gasteiger partial charge in [0.25, 0.3) is 0 Å². The highest BCUT2D eigenvalue weighted by Gasteiger charge is 2.23. The van der Waals surface area contributed by atoms with Gasteiger partial charge in [0, 0.05) is 5.25 Å². The molecule has 2 unspecified atom stereocenters. The molecule has 1 amide bonds. The van der Waals surface area contributed by atoms with E-state index in [4.69, 9.17) is 10.9 Å². The maximum absolute atomic E-state index is 11.3. The second-order valence-electron chi connectivity index (χ2n) is 3.30. The van der Waals surface area contributed by atoms with Gasteiger partial charge in [-0.2, -0.15) is 0 Å². The molecule has 78 valence electrons. The van der Waals surface area contributed by atoms with E-state index in [2.05, 4.69) is 5.43 Å². The lowest BCUT2D eigenvalue weighted by molar-refractivity contribution is -0.121. The van der Waals surface area contributed by atoms with Gasteiger partial charge in [-0.05, 0) is 5.92 Å². The normalized spacial score (nSPS) is 15.5. The summed E-state index contributed by atoms with van der Waals surface area (Å²) in [6, 6.07) is 0. The predicted octanol–water partition coefficient (Wildman–Crippen LogP) is 0.115. The third-order valence-electron chi connectivity index (χ3n) is 1.64. The van der Waals surface area contributed by atoms with E-state index in [1.807, 2.05) is 20.8 Å². The van der Waals surface area contributed by atoms with Gasteiger partial charge in [0.05, 0.1) is 11.9 Å². The first-order chi connectivity index (χ1) is 6.02. The van der Waals surface area contributed by atoms with Crippen LogP contribution in [0.15, 0.2) is 0 Å². The summed E-state index contributed by atoms with van der Waals surface area (Å²) in [5.41, 5.74) is 2.13. The molecule has 0 fully saturated rings. The van der Waals surface area contributed by atoms with E-state index in [-0.39, 0.29) is 28.9 Å². The van der Waals surface area contributed by atoms with Crippen LogP contribution in [0, 0.1) is 5.92 Å². The highest BCUT2D eigenvalue weighted by Crippen LogP contribution is 2.23. The smallest absolute Gasteiger partial charge is 0.247 e. The molecule has 0 aliphatic rings. The Morgan fingerprint density at radius 3 is 2.38 bits per heavy atom. The number of carbonyl (C=O) groups is 1. The van der Waals surface area contributed by atoms with Crippen LogP contribution in [0.3, 0.4) is 0 Å². The molecule has 0 heterocycles. The van der Waals surface area contributed by atoms with Crippen molar-refractivity contribution in [2.24, 2.45) is 11.8 Å². The van der Waals surface area contributed by atoms with Crippen LogP contribution < -0.4 is 11.3 Å². The number of amides is 1. The van der Waals surface area contributed by atoms with Gasteiger partial charge in [-0.3, -0.25) is 10.2 Å². The quantitative estimate of drug-likeness (QED) is 0.339. The average molecular weight is 206 g/mol. The van der Waals surface area contributed by atoms with E-state index >= 15 is 0 Å². The molecule has 4 nitrogen and oxygen atoms in total. The molecule has 0 aromatic rings. The first-order valence-corrected chi connectivity index (χ1v) is 5.24. The number of hydrogen-bond donors (Lipinski definition) is 3. The van der Waals surface area contributed by atoms with Gasteiger partial charge in [0.15, 0.2) is 0 Å². The first-order valence-electron chi connectivity index (χ1n) is 4.29. The van der Waals surface area contributed by atoms with Crippen molar-refractivity contribution in [1.82, 2.24) is 5.43 Å². The molecular weight excluding hydrogens is 188 g/mol. The van der Waals surface area contributed by atoms with Crippen LogP contribution in [0.25, 0.3) is 0 Å². The van der Waals surface area contributed by atoms with Gasteiger partial charge in [-0.25, -0.2) is 5.84 Å². The van der Waals surface area contributed by atoms with E-state index in [0.29, 0.717) is 0 Å². The number of aliphatic hydroxyl groups excluding tert-OH is 1. The van der Waals surface area contributed by atoms with Crippen LogP contribution in [-0.2, 0) is 4.79 Å². The number of hydrazine groups is 1. The van der Waals surface area contributed by atoms with Crippen molar-refractivity contribution in [3.63, 3.8) is 0 Å². The van der Waals surface area contributed by atoms with Crippen LogP contribution in [0.2, 0.25) is 0 Å². The van der Waals surface area contributed by atoms with Gasteiger partial charge in [-0.15, -0.1) is 11.8 Å². The highest BCUT2D eigenvalue weighted by atomic mass is 32.2. The van der Waals surface area contributed by atoms with Crippen molar-refractivity contribution in [3.8, 4) is 0 Å². The molecule has 5 heteroatoms. The lowest BCUT2D eigenvalue weighted by Gasteiger charge is -2.21. The maximum atomic E-state index is 11.3. The van der Waals surface area contributed by atoms with Crippen molar-refractivity contribution in [3.05, 3.63) is 0 Å². The Labute approximate surface area is 83.2 Å². The molecule has 0 aromatic carbocycles. The minimum absolute atomic E-state index is 0.0599. The van der Waals surface area contributed by atoms with Crippen molar-refractivity contribution in [1.29, 1.82) is 0 Å². The van der Waals surface area contributed by atoms with E-state index in [0.717, 1.165) is 0 Å². The fourth-order valence-electron chi connectivity index (χ4n) is 0.897. The fourth-order valence-corrected chi connectivity index (χ4v) is 1.99. The predicted molar refractivity (Wildman–Crippen MR) is 55.1 cm³/mol. The standard InChI is InChI=1S/C8H18N2O2S/c1-5(2)7(8(12)10-9)13-6(3)4-11/h5-7,11H,4,9H2,1-3H3,(H,10,12). The largest absolute Gasteiger partial charge is 0.395 e. The molecule has 0 spiro atoms. The van der Waals surface area contributed by atoms with Gasteiger partial charge in [0.1, 0.15) is 0 Å². The Bertz CT molecular complexity index is 164. The average Bonchev–Trinajstić information content (AvgIpc) is 2.11.